The minimum absolute atomic E-state index is 0.0142. The molecule has 0 aromatic heterocycles. The van der Waals surface area contributed by atoms with Gasteiger partial charge in [-0.25, -0.2) is 4.79 Å². The molecule has 0 atom stereocenters. The Labute approximate surface area is 113 Å². The van der Waals surface area contributed by atoms with E-state index in [2.05, 4.69) is 0 Å². The predicted octanol–water partition coefficient (Wildman–Crippen LogP) is 1.70. The van der Waals surface area contributed by atoms with Gasteiger partial charge in [0.1, 0.15) is 0 Å². The molecule has 2 N–H and O–H groups in total. The van der Waals surface area contributed by atoms with Crippen molar-refractivity contribution in [3.05, 3.63) is 11.1 Å². The molecule has 6 heteroatoms. The molecule has 0 fully saturated rings. The van der Waals surface area contributed by atoms with Crippen LogP contribution in [0.4, 0.5) is 0 Å². The molecule has 0 saturated heterocycles. The van der Waals surface area contributed by atoms with Gasteiger partial charge >= 0.3 is 11.9 Å². The first-order chi connectivity index (χ1) is 9.02. The van der Waals surface area contributed by atoms with Crippen LogP contribution in [0.15, 0.2) is 11.1 Å². The van der Waals surface area contributed by atoms with Crippen LogP contribution < -0.4 is 0 Å². The van der Waals surface area contributed by atoms with E-state index in [1.807, 2.05) is 0 Å². The average molecular weight is 274 g/mol. The fourth-order valence-corrected chi connectivity index (χ4v) is 1.79. The van der Waals surface area contributed by atoms with Crippen molar-refractivity contribution in [2.24, 2.45) is 0 Å². The predicted molar refractivity (Wildman–Crippen MR) is 69.1 cm³/mol. The summed E-state index contributed by atoms with van der Waals surface area (Å²) in [5.41, 5.74) is 0.656. The van der Waals surface area contributed by atoms with Gasteiger partial charge in [0.25, 0.3) is 0 Å². The molecule has 0 heterocycles. The fourth-order valence-electron chi connectivity index (χ4n) is 1.79. The Balaban J connectivity index is 4.85. The lowest BCUT2D eigenvalue weighted by Gasteiger charge is -2.11. The molecule has 0 aliphatic heterocycles. The van der Waals surface area contributed by atoms with Crippen molar-refractivity contribution in [3.63, 3.8) is 0 Å². The van der Waals surface area contributed by atoms with E-state index in [0.717, 1.165) is 0 Å². The lowest BCUT2D eigenvalue weighted by Crippen LogP contribution is -2.11. The van der Waals surface area contributed by atoms with E-state index in [1.54, 1.807) is 14.2 Å². The number of carboxylic acid groups (broad SMARTS) is 2. The van der Waals surface area contributed by atoms with Gasteiger partial charge in [-0.2, -0.15) is 0 Å². The van der Waals surface area contributed by atoms with Crippen LogP contribution in [0.2, 0.25) is 0 Å². The molecule has 0 aliphatic rings. The zero-order valence-electron chi connectivity index (χ0n) is 11.5. The van der Waals surface area contributed by atoms with E-state index < -0.39 is 18.4 Å². The van der Waals surface area contributed by atoms with Crippen LogP contribution in [0.3, 0.4) is 0 Å². The Morgan fingerprint density at radius 1 is 0.947 bits per heavy atom. The lowest BCUT2D eigenvalue weighted by molar-refractivity contribution is -0.139. The van der Waals surface area contributed by atoms with Crippen molar-refractivity contribution in [1.29, 1.82) is 0 Å². The number of hydrogen-bond donors (Lipinski definition) is 2. The second-order valence-electron chi connectivity index (χ2n) is 4.15. The van der Waals surface area contributed by atoms with Gasteiger partial charge in [0.15, 0.2) is 0 Å². The summed E-state index contributed by atoms with van der Waals surface area (Å²) < 4.78 is 9.86. The Morgan fingerprint density at radius 2 is 1.42 bits per heavy atom. The summed E-state index contributed by atoms with van der Waals surface area (Å²) in [6, 6.07) is 0. The Hall–Kier alpha value is -1.40. The van der Waals surface area contributed by atoms with Crippen LogP contribution >= 0.6 is 0 Å². The molecule has 110 valence electrons. The molecular formula is C13H22O6. The van der Waals surface area contributed by atoms with Crippen LogP contribution in [0.5, 0.6) is 0 Å². The highest BCUT2D eigenvalue weighted by Gasteiger charge is 2.17. The second-order valence-corrected chi connectivity index (χ2v) is 4.15. The molecule has 0 spiro atoms. The highest BCUT2D eigenvalue weighted by molar-refractivity contribution is 5.92. The molecule has 0 saturated carbocycles. The Morgan fingerprint density at radius 3 is 1.74 bits per heavy atom. The van der Waals surface area contributed by atoms with Gasteiger partial charge < -0.3 is 19.7 Å². The third-order valence-electron chi connectivity index (χ3n) is 2.67. The number of ether oxygens (including phenoxy) is 2. The highest BCUT2D eigenvalue weighted by Crippen LogP contribution is 2.20. The van der Waals surface area contributed by atoms with Crippen molar-refractivity contribution >= 4 is 11.9 Å². The molecule has 19 heavy (non-hydrogen) atoms. The third-order valence-corrected chi connectivity index (χ3v) is 2.67. The van der Waals surface area contributed by atoms with Crippen molar-refractivity contribution in [2.45, 2.75) is 32.1 Å². The van der Waals surface area contributed by atoms with E-state index in [9.17, 15) is 9.59 Å². The van der Waals surface area contributed by atoms with Crippen molar-refractivity contribution in [2.75, 3.05) is 27.4 Å². The van der Waals surface area contributed by atoms with E-state index in [1.165, 1.54) is 0 Å². The summed E-state index contributed by atoms with van der Waals surface area (Å²) in [6.07, 6.45) is 1.97. The molecule has 0 unspecified atom stereocenters. The number of hydrogen-bond acceptors (Lipinski definition) is 4. The fraction of sp³-hybridized carbons (Fsp3) is 0.692. The molecule has 0 aliphatic carbocycles. The van der Waals surface area contributed by atoms with Gasteiger partial charge in [0.2, 0.25) is 0 Å². The minimum Gasteiger partial charge on any atom is -0.481 e. The van der Waals surface area contributed by atoms with Gasteiger partial charge in [-0.1, -0.05) is 5.57 Å². The number of methoxy groups -OCH3 is 2. The first-order valence-corrected chi connectivity index (χ1v) is 6.16. The second kappa shape index (κ2) is 10.5. The normalized spacial score (nSPS) is 10.2. The third kappa shape index (κ3) is 8.34. The lowest BCUT2D eigenvalue weighted by atomic mass is 9.96. The molecule has 0 rings (SSSR count). The van der Waals surface area contributed by atoms with Crippen LogP contribution in [-0.2, 0) is 19.1 Å². The number of carboxylic acids is 2. The summed E-state index contributed by atoms with van der Waals surface area (Å²) in [5, 5.41) is 17.9. The highest BCUT2D eigenvalue weighted by atomic mass is 16.5. The SMILES string of the molecule is COCCCC(CCCOC)=C(CC(=O)O)C(=O)O. The number of rotatable bonds is 11. The summed E-state index contributed by atoms with van der Waals surface area (Å²) in [4.78, 5) is 21.9. The van der Waals surface area contributed by atoms with Crippen molar-refractivity contribution < 1.29 is 29.3 Å². The van der Waals surface area contributed by atoms with Gasteiger partial charge in [-0.3, -0.25) is 4.79 Å². The van der Waals surface area contributed by atoms with Crippen LogP contribution in [0.1, 0.15) is 32.1 Å². The Kier molecular flexibility index (Phi) is 9.74. The zero-order chi connectivity index (χ0) is 14.7. The van der Waals surface area contributed by atoms with Crippen LogP contribution in [-0.4, -0.2) is 49.6 Å². The molecule has 0 aromatic rings. The largest absolute Gasteiger partial charge is 0.481 e. The van der Waals surface area contributed by atoms with Crippen LogP contribution in [0, 0.1) is 0 Å². The van der Waals surface area contributed by atoms with E-state index in [0.29, 0.717) is 44.5 Å². The molecule has 0 amide bonds. The quantitative estimate of drug-likeness (QED) is 0.440. The molecule has 0 radical (unpaired) electrons. The van der Waals surface area contributed by atoms with Crippen molar-refractivity contribution in [1.82, 2.24) is 0 Å². The molecule has 0 bridgehead atoms. The monoisotopic (exact) mass is 274 g/mol. The number of carbonyl (C=O) groups is 2. The summed E-state index contributed by atoms with van der Waals surface area (Å²) >= 11 is 0. The summed E-state index contributed by atoms with van der Waals surface area (Å²) in [6.45, 7) is 1.04. The zero-order valence-corrected chi connectivity index (χ0v) is 11.5. The first kappa shape index (κ1) is 17.6. The topological polar surface area (TPSA) is 93.1 Å². The van der Waals surface area contributed by atoms with Gasteiger partial charge in [-0.05, 0) is 25.7 Å². The number of aliphatic carboxylic acids is 2. The molecule has 6 nitrogen and oxygen atoms in total. The summed E-state index contributed by atoms with van der Waals surface area (Å²) in [5.74, 6) is -2.29. The minimum atomic E-state index is -1.16. The first-order valence-electron chi connectivity index (χ1n) is 6.16. The van der Waals surface area contributed by atoms with E-state index in [-0.39, 0.29) is 5.57 Å². The standard InChI is InChI=1S/C13H22O6/c1-18-7-3-5-10(6-4-8-19-2)11(13(16)17)9-12(14)15/h3-9H2,1-2H3,(H,14,15)(H,16,17). The number of allylic oxidation sites excluding steroid dienone is 1. The van der Waals surface area contributed by atoms with Crippen molar-refractivity contribution in [3.8, 4) is 0 Å². The molecular weight excluding hydrogens is 252 g/mol. The maximum atomic E-state index is 11.2. The average Bonchev–Trinajstić information content (AvgIpc) is 2.34. The summed E-state index contributed by atoms with van der Waals surface area (Å²) in [7, 11) is 3.15. The van der Waals surface area contributed by atoms with Crippen LogP contribution in [0.25, 0.3) is 0 Å². The smallest absolute Gasteiger partial charge is 0.332 e. The van der Waals surface area contributed by atoms with Gasteiger partial charge in [0, 0.05) is 33.0 Å². The maximum absolute atomic E-state index is 11.2. The maximum Gasteiger partial charge on any atom is 0.332 e. The molecule has 0 aromatic carbocycles. The Bertz CT molecular complexity index is 309. The van der Waals surface area contributed by atoms with Gasteiger partial charge in [0.05, 0.1) is 6.42 Å². The van der Waals surface area contributed by atoms with E-state index in [4.69, 9.17) is 19.7 Å². The van der Waals surface area contributed by atoms with E-state index >= 15 is 0 Å². The van der Waals surface area contributed by atoms with Gasteiger partial charge in [-0.15, -0.1) is 0 Å².